The van der Waals surface area contributed by atoms with Crippen molar-refractivity contribution in [2.75, 3.05) is 13.1 Å². The van der Waals surface area contributed by atoms with Crippen molar-refractivity contribution < 1.29 is 0 Å². The Morgan fingerprint density at radius 1 is 0.864 bits per heavy atom. The molecule has 1 nitrogen and oxygen atoms in total. The summed E-state index contributed by atoms with van der Waals surface area (Å²) in [4.78, 5) is 2.71. The van der Waals surface area contributed by atoms with E-state index in [0.717, 1.165) is 18.3 Å². The van der Waals surface area contributed by atoms with Gasteiger partial charge < -0.3 is 0 Å². The van der Waals surface area contributed by atoms with Crippen LogP contribution in [0.4, 0.5) is 0 Å². The fourth-order valence-electron chi connectivity index (χ4n) is 3.94. The van der Waals surface area contributed by atoms with Crippen LogP contribution in [0.2, 0.25) is 0 Å². The average Bonchev–Trinajstić information content (AvgIpc) is 2.53. The van der Waals surface area contributed by atoms with Gasteiger partial charge in [-0.05, 0) is 35.8 Å². The SMILES string of the molecule is CC1CC(C)CN(C(Cc2ccccc2)c2ccccc2)C1. The van der Waals surface area contributed by atoms with E-state index in [9.17, 15) is 0 Å². The van der Waals surface area contributed by atoms with Crippen LogP contribution in [0.15, 0.2) is 60.7 Å². The third-order valence-corrected chi connectivity index (χ3v) is 4.79. The normalized spacial score (nSPS) is 24.1. The van der Waals surface area contributed by atoms with E-state index in [2.05, 4.69) is 79.4 Å². The summed E-state index contributed by atoms with van der Waals surface area (Å²) in [5.41, 5.74) is 2.88. The van der Waals surface area contributed by atoms with E-state index in [1.54, 1.807) is 0 Å². The fourth-order valence-corrected chi connectivity index (χ4v) is 3.94. The summed E-state index contributed by atoms with van der Waals surface area (Å²) in [6.45, 7) is 7.23. The Bertz CT molecular complexity index is 553. The highest BCUT2D eigenvalue weighted by atomic mass is 15.2. The number of hydrogen-bond acceptors (Lipinski definition) is 1. The van der Waals surface area contributed by atoms with E-state index >= 15 is 0 Å². The number of nitrogens with zero attached hydrogens (tertiary/aromatic N) is 1. The molecular weight excluding hydrogens is 266 g/mol. The molecule has 1 aliphatic heterocycles. The highest BCUT2D eigenvalue weighted by Crippen LogP contribution is 2.31. The fraction of sp³-hybridized carbons (Fsp3) is 0.429. The molecule has 0 amide bonds. The van der Waals surface area contributed by atoms with Gasteiger partial charge in [0.15, 0.2) is 0 Å². The Hall–Kier alpha value is -1.60. The first kappa shape index (κ1) is 15.3. The van der Waals surface area contributed by atoms with Gasteiger partial charge in [0.1, 0.15) is 0 Å². The Balaban J connectivity index is 1.86. The van der Waals surface area contributed by atoms with Gasteiger partial charge in [0.2, 0.25) is 0 Å². The number of likely N-dealkylation sites (tertiary alicyclic amines) is 1. The minimum Gasteiger partial charge on any atom is -0.295 e. The number of hydrogen-bond donors (Lipinski definition) is 0. The van der Waals surface area contributed by atoms with Crippen molar-refractivity contribution in [2.24, 2.45) is 11.8 Å². The van der Waals surface area contributed by atoms with Crippen LogP contribution in [0, 0.1) is 11.8 Å². The van der Waals surface area contributed by atoms with E-state index in [-0.39, 0.29) is 0 Å². The highest BCUT2D eigenvalue weighted by molar-refractivity contribution is 5.24. The van der Waals surface area contributed by atoms with Crippen LogP contribution in [-0.4, -0.2) is 18.0 Å². The largest absolute Gasteiger partial charge is 0.295 e. The molecule has 1 fully saturated rings. The Labute approximate surface area is 135 Å². The van der Waals surface area contributed by atoms with Crippen molar-refractivity contribution in [3.05, 3.63) is 71.8 Å². The Morgan fingerprint density at radius 3 is 2.00 bits per heavy atom. The molecule has 0 spiro atoms. The lowest BCUT2D eigenvalue weighted by molar-refractivity contribution is 0.0947. The lowest BCUT2D eigenvalue weighted by Gasteiger charge is -2.40. The summed E-state index contributed by atoms with van der Waals surface area (Å²) in [5.74, 6) is 1.59. The molecule has 0 aromatic heterocycles. The predicted molar refractivity (Wildman–Crippen MR) is 93.8 cm³/mol. The summed E-state index contributed by atoms with van der Waals surface area (Å²) < 4.78 is 0. The molecular formula is C21H27N. The van der Waals surface area contributed by atoms with Crippen molar-refractivity contribution >= 4 is 0 Å². The Morgan fingerprint density at radius 2 is 1.41 bits per heavy atom. The summed E-state index contributed by atoms with van der Waals surface area (Å²) in [6.07, 6.45) is 2.47. The number of piperidine rings is 1. The minimum absolute atomic E-state index is 0.494. The first-order chi connectivity index (χ1) is 10.7. The number of rotatable bonds is 4. The van der Waals surface area contributed by atoms with Crippen molar-refractivity contribution in [1.82, 2.24) is 4.90 Å². The summed E-state index contributed by atoms with van der Waals surface area (Å²) >= 11 is 0. The maximum Gasteiger partial charge on any atom is 0.0388 e. The third kappa shape index (κ3) is 3.78. The van der Waals surface area contributed by atoms with Gasteiger partial charge in [0, 0.05) is 19.1 Å². The van der Waals surface area contributed by atoms with E-state index in [0.29, 0.717) is 6.04 Å². The van der Waals surface area contributed by atoms with Crippen molar-refractivity contribution in [3.8, 4) is 0 Å². The molecule has 1 aliphatic rings. The standard InChI is InChI=1S/C21H27N/c1-17-13-18(2)16-22(15-17)21(20-11-7-4-8-12-20)14-19-9-5-3-6-10-19/h3-12,17-18,21H,13-16H2,1-2H3. The Kier molecular flexibility index (Phi) is 4.94. The molecule has 1 saturated heterocycles. The van der Waals surface area contributed by atoms with Gasteiger partial charge >= 0.3 is 0 Å². The average molecular weight is 293 g/mol. The van der Waals surface area contributed by atoms with Crippen LogP contribution in [-0.2, 0) is 6.42 Å². The van der Waals surface area contributed by atoms with Crippen LogP contribution in [0.1, 0.15) is 37.4 Å². The molecule has 2 aromatic carbocycles. The molecule has 116 valence electrons. The summed E-state index contributed by atoms with van der Waals surface area (Å²) in [7, 11) is 0. The van der Waals surface area contributed by atoms with Crippen LogP contribution in [0.25, 0.3) is 0 Å². The molecule has 0 radical (unpaired) electrons. The van der Waals surface area contributed by atoms with Crippen molar-refractivity contribution in [1.29, 1.82) is 0 Å². The molecule has 2 aromatic rings. The zero-order valence-electron chi connectivity index (χ0n) is 13.8. The van der Waals surface area contributed by atoms with Crippen LogP contribution in [0.5, 0.6) is 0 Å². The molecule has 3 atom stereocenters. The van der Waals surface area contributed by atoms with Gasteiger partial charge in [-0.25, -0.2) is 0 Å². The van der Waals surface area contributed by atoms with Crippen LogP contribution < -0.4 is 0 Å². The van der Waals surface area contributed by atoms with Gasteiger partial charge in [0.25, 0.3) is 0 Å². The van der Waals surface area contributed by atoms with Gasteiger partial charge in [-0.1, -0.05) is 74.5 Å². The molecule has 0 N–H and O–H groups in total. The molecule has 0 bridgehead atoms. The predicted octanol–water partition coefficient (Wildman–Crippen LogP) is 4.95. The van der Waals surface area contributed by atoms with Crippen molar-refractivity contribution in [2.45, 2.75) is 32.7 Å². The zero-order valence-corrected chi connectivity index (χ0v) is 13.8. The lowest BCUT2D eigenvalue weighted by Crippen LogP contribution is -2.41. The van der Waals surface area contributed by atoms with Crippen molar-refractivity contribution in [3.63, 3.8) is 0 Å². The van der Waals surface area contributed by atoms with E-state index in [1.165, 1.54) is 30.6 Å². The monoisotopic (exact) mass is 293 g/mol. The first-order valence-electron chi connectivity index (χ1n) is 8.55. The highest BCUT2D eigenvalue weighted by Gasteiger charge is 2.28. The first-order valence-corrected chi connectivity index (χ1v) is 8.55. The lowest BCUT2D eigenvalue weighted by atomic mass is 9.88. The summed E-state index contributed by atoms with van der Waals surface area (Å²) in [6, 6.07) is 22.4. The quantitative estimate of drug-likeness (QED) is 0.771. The molecule has 22 heavy (non-hydrogen) atoms. The molecule has 1 heteroatoms. The molecule has 3 unspecified atom stereocenters. The second-order valence-electron chi connectivity index (χ2n) is 7.02. The molecule has 0 saturated carbocycles. The topological polar surface area (TPSA) is 3.24 Å². The summed E-state index contributed by atoms with van der Waals surface area (Å²) in [5, 5.41) is 0. The third-order valence-electron chi connectivity index (χ3n) is 4.79. The maximum atomic E-state index is 2.71. The second kappa shape index (κ2) is 7.11. The number of benzene rings is 2. The van der Waals surface area contributed by atoms with E-state index < -0.39 is 0 Å². The second-order valence-corrected chi connectivity index (χ2v) is 7.02. The van der Waals surface area contributed by atoms with Gasteiger partial charge in [-0.2, -0.15) is 0 Å². The zero-order chi connectivity index (χ0) is 15.4. The van der Waals surface area contributed by atoms with Gasteiger partial charge in [-0.15, -0.1) is 0 Å². The molecule has 3 rings (SSSR count). The van der Waals surface area contributed by atoms with Gasteiger partial charge in [0.05, 0.1) is 0 Å². The molecule has 1 heterocycles. The van der Waals surface area contributed by atoms with E-state index in [1.807, 2.05) is 0 Å². The molecule has 0 aliphatic carbocycles. The van der Waals surface area contributed by atoms with E-state index in [4.69, 9.17) is 0 Å². The van der Waals surface area contributed by atoms with Crippen LogP contribution in [0.3, 0.4) is 0 Å². The minimum atomic E-state index is 0.494. The van der Waals surface area contributed by atoms with Crippen LogP contribution >= 0.6 is 0 Å². The smallest absolute Gasteiger partial charge is 0.0388 e. The maximum absolute atomic E-state index is 2.71. The van der Waals surface area contributed by atoms with Gasteiger partial charge in [-0.3, -0.25) is 4.90 Å².